The minimum absolute atomic E-state index is 0.123. The Hall–Kier alpha value is -3.11. The number of hydrogen-bond acceptors (Lipinski definition) is 3. The first kappa shape index (κ1) is 18.3. The normalized spacial score (nSPS) is 18.2. The number of carbonyl (C=O) groups excluding carboxylic acids is 1. The van der Waals surface area contributed by atoms with E-state index < -0.39 is 5.72 Å². The molecule has 0 spiro atoms. The standard InChI is InChI=1S/C24H23NO3/c1-28-20-13-11-18(12-14-20)15-16-25-23(26)21-9-5-6-10-22(21)24(25,27)17-19-7-3-2-4-8-19/h2-14,27H,15-17H2,1H3/t24-/m1/s1. The maximum atomic E-state index is 13.1. The summed E-state index contributed by atoms with van der Waals surface area (Å²) in [5.41, 5.74) is 1.99. The third kappa shape index (κ3) is 3.27. The van der Waals surface area contributed by atoms with Crippen LogP contribution in [0.25, 0.3) is 0 Å². The number of fused-ring (bicyclic) bond motifs is 1. The summed E-state index contributed by atoms with van der Waals surface area (Å²) in [6.45, 7) is 0.434. The lowest BCUT2D eigenvalue weighted by molar-refractivity contribution is -0.0831. The highest BCUT2D eigenvalue weighted by atomic mass is 16.5. The SMILES string of the molecule is COc1ccc(CCN2C(=O)c3ccccc3[C@]2(O)Cc2ccccc2)cc1. The second-order valence-corrected chi connectivity index (χ2v) is 7.08. The maximum absolute atomic E-state index is 13.1. The summed E-state index contributed by atoms with van der Waals surface area (Å²) in [5, 5.41) is 11.7. The average molecular weight is 373 g/mol. The first-order chi connectivity index (χ1) is 13.6. The number of ether oxygens (including phenoxy) is 1. The van der Waals surface area contributed by atoms with Crippen LogP contribution in [0.4, 0.5) is 0 Å². The number of carbonyl (C=O) groups is 1. The van der Waals surface area contributed by atoms with Crippen LogP contribution in [0, 0.1) is 0 Å². The summed E-state index contributed by atoms with van der Waals surface area (Å²) in [6.07, 6.45) is 1.01. The fourth-order valence-corrected chi connectivity index (χ4v) is 3.87. The highest BCUT2D eigenvalue weighted by Gasteiger charge is 2.47. The van der Waals surface area contributed by atoms with Gasteiger partial charge in [-0.25, -0.2) is 0 Å². The molecule has 0 aromatic heterocycles. The summed E-state index contributed by atoms with van der Waals surface area (Å²) in [6, 6.07) is 24.9. The van der Waals surface area contributed by atoms with Crippen LogP contribution < -0.4 is 4.74 Å². The summed E-state index contributed by atoms with van der Waals surface area (Å²) in [7, 11) is 1.64. The first-order valence-corrected chi connectivity index (χ1v) is 9.42. The third-order valence-corrected chi connectivity index (χ3v) is 5.36. The number of aliphatic hydroxyl groups is 1. The zero-order chi connectivity index (χ0) is 19.6. The molecular formula is C24H23NO3. The number of methoxy groups -OCH3 is 1. The van der Waals surface area contributed by atoms with Crippen LogP contribution >= 0.6 is 0 Å². The van der Waals surface area contributed by atoms with E-state index in [2.05, 4.69) is 0 Å². The molecule has 4 rings (SSSR count). The van der Waals surface area contributed by atoms with E-state index >= 15 is 0 Å². The predicted molar refractivity (Wildman–Crippen MR) is 108 cm³/mol. The van der Waals surface area contributed by atoms with E-state index in [4.69, 9.17) is 4.74 Å². The van der Waals surface area contributed by atoms with Gasteiger partial charge in [0.05, 0.1) is 7.11 Å². The van der Waals surface area contributed by atoms with Crippen molar-refractivity contribution >= 4 is 5.91 Å². The lowest BCUT2D eigenvalue weighted by Crippen LogP contribution is -2.46. The van der Waals surface area contributed by atoms with E-state index in [0.29, 0.717) is 30.5 Å². The molecule has 1 aliphatic heterocycles. The van der Waals surface area contributed by atoms with Gasteiger partial charge in [-0.05, 0) is 35.7 Å². The van der Waals surface area contributed by atoms with Gasteiger partial charge < -0.3 is 14.7 Å². The van der Waals surface area contributed by atoms with Crippen LogP contribution in [-0.4, -0.2) is 29.6 Å². The van der Waals surface area contributed by atoms with Crippen molar-refractivity contribution in [2.75, 3.05) is 13.7 Å². The van der Waals surface area contributed by atoms with Crippen molar-refractivity contribution in [3.05, 3.63) is 101 Å². The second-order valence-electron chi connectivity index (χ2n) is 7.08. The lowest BCUT2D eigenvalue weighted by Gasteiger charge is -2.34. The van der Waals surface area contributed by atoms with E-state index in [9.17, 15) is 9.90 Å². The van der Waals surface area contributed by atoms with Crippen molar-refractivity contribution in [3.8, 4) is 5.75 Å². The monoisotopic (exact) mass is 373 g/mol. The fourth-order valence-electron chi connectivity index (χ4n) is 3.87. The molecule has 0 radical (unpaired) electrons. The topological polar surface area (TPSA) is 49.8 Å². The Morgan fingerprint density at radius 2 is 1.57 bits per heavy atom. The van der Waals surface area contributed by atoms with Gasteiger partial charge in [0.25, 0.3) is 5.91 Å². The van der Waals surface area contributed by atoms with E-state index in [1.54, 1.807) is 18.1 Å². The number of hydrogen-bond donors (Lipinski definition) is 1. The molecule has 0 aliphatic carbocycles. The largest absolute Gasteiger partial charge is 0.497 e. The van der Waals surface area contributed by atoms with E-state index in [1.165, 1.54) is 0 Å². The summed E-state index contributed by atoms with van der Waals surface area (Å²) >= 11 is 0. The van der Waals surface area contributed by atoms with E-state index in [-0.39, 0.29) is 5.91 Å². The Bertz CT molecular complexity index is 969. The molecule has 4 nitrogen and oxygen atoms in total. The van der Waals surface area contributed by atoms with Crippen molar-refractivity contribution in [2.45, 2.75) is 18.6 Å². The van der Waals surface area contributed by atoms with Gasteiger partial charge in [-0.1, -0.05) is 60.7 Å². The van der Waals surface area contributed by atoms with Crippen molar-refractivity contribution < 1.29 is 14.6 Å². The van der Waals surface area contributed by atoms with Gasteiger partial charge in [-0.3, -0.25) is 4.79 Å². The Kier molecular flexibility index (Phi) is 4.88. The Morgan fingerprint density at radius 1 is 0.893 bits per heavy atom. The summed E-state index contributed by atoms with van der Waals surface area (Å²) in [4.78, 5) is 14.7. The smallest absolute Gasteiger partial charge is 0.256 e. The van der Waals surface area contributed by atoms with Crippen LogP contribution in [0.3, 0.4) is 0 Å². The van der Waals surface area contributed by atoms with Gasteiger partial charge in [0.2, 0.25) is 0 Å². The second kappa shape index (κ2) is 7.49. The van der Waals surface area contributed by atoms with Crippen LogP contribution in [0.1, 0.15) is 27.0 Å². The number of rotatable bonds is 6. The molecule has 142 valence electrons. The highest BCUT2D eigenvalue weighted by molar-refractivity contribution is 5.99. The summed E-state index contributed by atoms with van der Waals surface area (Å²) < 4.78 is 5.20. The molecule has 0 bridgehead atoms. The van der Waals surface area contributed by atoms with Gasteiger partial charge in [-0.2, -0.15) is 0 Å². The van der Waals surface area contributed by atoms with E-state index in [1.807, 2.05) is 72.8 Å². The minimum atomic E-state index is -1.35. The molecule has 1 heterocycles. The minimum Gasteiger partial charge on any atom is -0.497 e. The van der Waals surface area contributed by atoms with Gasteiger partial charge in [0.15, 0.2) is 5.72 Å². The third-order valence-electron chi connectivity index (χ3n) is 5.36. The molecule has 1 N–H and O–H groups in total. The van der Waals surface area contributed by atoms with Gasteiger partial charge >= 0.3 is 0 Å². The molecule has 3 aromatic rings. The molecule has 28 heavy (non-hydrogen) atoms. The predicted octanol–water partition coefficient (Wildman–Crippen LogP) is 3.78. The molecule has 1 amide bonds. The average Bonchev–Trinajstić information content (AvgIpc) is 2.94. The van der Waals surface area contributed by atoms with Crippen molar-refractivity contribution in [1.82, 2.24) is 4.90 Å². The van der Waals surface area contributed by atoms with Gasteiger partial charge in [0.1, 0.15) is 5.75 Å². The molecule has 1 aliphatic rings. The van der Waals surface area contributed by atoms with Crippen LogP contribution in [0.15, 0.2) is 78.9 Å². The Balaban J connectivity index is 1.62. The molecule has 0 saturated heterocycles. The fraction of sp³-hybridized carbons (Fsp3) is 0.208. The molecule has 4 heteroatoms. The molecular weight excluding hydrogens is 350 g/mol. The molecule has 3 aromatic carbocycles. The maximum Gasteiger partial charge on any atom is 0.256 e. The quantitative estimate of drug-likeness (QED) is 0.715. The highest BCUT2D eigenvalue weighted by Crippen LogP contribution is 2.39. The Morgan fingerprint density at radius 3 is 2.29 bits per heavy atom. The number of benzene rings is 3. The number of amides is 1. The Labute approximate surface area is 165 Å². The van der Waals surface area contributed by atoms with Gasteiger partial charge in [-0.15, -0.1) is 0 Å². The first-order valence-electron chi connectivity index (χ1n) is 9.42. The van der Waals surface area contributed by atoms with Crippen molar-refractivity contribution in [3.63, 3.8) is 0 Å². The molecule has 0 unspecified atom stereocenters. The van der Waals surface area contributed by atoms with Crippen molar-refractivity contribution in [1.29, 1.82) is 0 Å². The number of nitrogens with zero attached hydrogens (tertiary/aromatic N) is 1. The summed E-state index contributed by atoms with van der Waals surface area (Å²) in [5.74, 6) is 0.677. The van der Waals surface area contributed by atoms with Crippen LogP contribution in [-0.2, 0) is 18.6 Å². The van der Waals surface area contributed by atoms with E-state index in [0.717, 1.165) is 16.9 Å². The van der Waals surface area contributed by atoms with Crippen LogP contribution in [0.5, 0.6) is 5.75 Å². The zero-order valence-corrected chi connectivity index (χ0v) is 15.8. The van der Waals surface area contributed by atoms with Crippen LogP contribution in [0.2, 0.25) is 0 Å². The molecule has 0 fully saturated rings. The van der Waals surface area contributed by atoms with Gasteiger partial charge in [0, 0.05) is 24.1 Å². The zero-order valence-electron chi connectivity index (χ0n) is 15.8. The molecule has 0 saturated carbocycles. The molecule has 1 atom stereocenters. The van der Waals surface area contributed by atoms with Crippen molar-refractivity contribution in [2.24, 2.45) is 0 Å². The lowest BCUT2D eigenvalue weighted by atomic mass is 9.94.